The molecule has 1 fully saturated rings. The van der Waals surface area contributed by atoms with Crippen LogP contribution in [0.5, 0.6) is 0 Å². The van der Waals surface area contributed by atoms with Crippen LogP contribution < -0.4 is 0 Å². The summed E-state index contributed by atoms with van der Waals surface area (Å²) in [5.41, 5.74) is 0.909. The Morgan fingerprint density at radius 2 is 1.78 bits per heavy atom. The number of carbonyl (C=O) groups excluding carboxylic acids is 2. The van der Waals surface area contributed by atoms with Crippen LogP contribution in [0.25, 0.3) is 0 Å². The third-order valence-corrected chi connectivity index (χ3v) is 4.69. The minimum atomic E-state index is -0.0337. The van der Waals surface area contributed by atoms with Gasteiger partial charge < -0.3 is 9.80 Å². The van der Waals surface area contributed by atoms with Crippen LogP contribution in [0.2, 0.25) is 5.02 Å². The summed E-state index contributed by atoms with van der Waals surface area (Å²) in [6, 6.07) is 7.50. The van der Waals surface area contributed by atoms with Crippen LogP contribution in [0.15, 0.2) is 24.3 Å². The van der Waals surface area contributed by atoms with Gasteiger partial charge in [-0.15, -0.1) is 0 Å². The van der Waals surface area contributed by atoms with Crippen molar-refractivity contribution in [2.45, 2.75) is 45.6 Å². The molecule has 1 aliphatic heterocycles. The molecule has 0 aromatic heterocycles. The van der Waals surface area contributed by atoms with E-state index in [2.05, 4.69) is 0 Å². The van der Waals surface area contributed by atoms with E-state index in [1.165, 1.54) is 19.8 Å². The van der Waals surface area contributed by atoms with E-state index in [1.54, 1.807) is 4.90 Å². The number of halogens is 1. The highest BCUT2D eigenvalue weighted by Gasteiger charge is 2.18. The van der Waals surface area contributed by atoms with Gasteiger partial charge in [-0.1, -0.05) is 42.6 Å². The molecule has 0 spiro atoms. The second-order valence-corrected chi connectivity index (χ2v) is 6.48. The Hall–Kier alpha value is -1.55. The molecule has 2 rings (SSSR count). The van der Waals surface area contributed by atoms with Gasteiger partial charge in [0, 0.05) is 44.5 Å². The van der Waals surface area contributed by atoms with Gasteiger partial charge in [-0.3, -0.25) is 9.59 Å². The Morgan fingerprint density at radius 1 is 1.13 bits per heavy atom. The predicted octanol–water partition coefficient (Wildman–Crippen LogP) is 3.48. The lowest BCUT2D eigenvalue weighted by Gasteiger charge is -2.24. The molecule has 1 heterocycles. The normalized spacial score (nSPS) is 15.1. The number of hydrogen-bond donors (Lipinski definition) is 0. The second-order valence-electron chi connectivity index (χ2n) is 6.08. The van der Waals surface area contributed by atoms with Crippen molar-refractivity contribution in [1.82, 2.24) is 9.80 Å². The predicted molar refractivity (Wildman–Crippen MR) is 92.2 cm³/mol. The fourth-order valence-corrected chi connectivity index (χ4v) is 3.08. The molecule has 126 valence electrons. The monoisotopic (exact) mass is 336 g/mol. The van der Waals surface area contributed by atoms with Gasteiger partial charge in [-0.05, 0) is 24.5 Å². The summed E-state index contributed by atoms with van der Waals surface area (Å²) >= 11 is 6.16. The number of rotatable bonds is 5. The van der Waals surface area contributed by atoms with Crippen molar-refractivity contribution in [1.29, 1.82) is 0 Å². The van der Waals surface area contributed by atoms with Crippen molar-refractivity contribution in [3.05, 3.63) is 34.9 Å². The van der Waals surface area contributed by atoms with Crippen LogP contribution in [0.3, 0.4) is 0 Å². The number of benzene rings is 1. The molecule has 0 unspecified atom stereocenters. The summed E-state index contributed by atoms with van der Waals surface area (Å²) in [6.45, 7) is 4.12. The van der Waals surface area contributed by atoms with Crippen molar-refractivity contribution >= 4 is 23.4 Å². The zero-order valence-corrected chi connectivity index (χ0v) is 14.5. The molecule has 4 nitrogen and oxygen atoms in total. The van der Waals surface area contributed by atoms with Crippen LogP contribution >= 0.6 is 11.6 Å². The van der Waals surface area contributed by atoms with Gasteiger partial charge in [0.2, 0.25) is 11.8 Å². The van der Waals surface area contributed by atoms with Crippen LogP contribution in [0, 0.1) is 0 Å². The summed E-state index contributed by atoms with van der Waals surface area (Å²) in [5.74, 6) is 0.117. The van der Waals surface area contributed by atoms with Crippen LogP contribution in [0.4, 0.5) is 0 Å². The van der Waals surface area contributed by atoms with Crippen molar-refractivity contribution in [3.8, 4) is 0 Å². The zero-order chi connectivity index (χ0) is 16.7. The van der Waals surface area contributed by atoms with E-state index in [-0.39, 0.29) is 11.8 Å². The molecule has 1 aliphatic rings. The Balaban J connectivity index is 1.90. The quantitative estimate of drug-likeness (QED) is 0.826. The number of amides is 2. The van der Waals surface area contributed by atoms with E-state index in [9.17, 15) is 9.59 Å². The molecule has 1 aromatic carbocycles. The van der Waals surface area contributed by atoms with Crippen LogP contribution in [-0.2, 0) is 16.1 Å². The Labute approximate surface area is 143 Å². The summed E-state index contributed by atoms with van der Waals surface area (Å²) in [6.07, 6.45) is 4.96. The van der Waals surface area contributed by atoms with E-state index in [0.29, 0.717) is 24.5 Å². The SMILES string of the molecule is CC(=O)N(CCC(=O)N1CCCCCC1)Cc1ccccc1Cl. The van der Waals surface area contributed by atoms with E-state index >= 15 is 0 Å². The highest BCUT2D eigenvalue weighted by Crippen LogP contribution is 2.17. The molecule has 0 radical (unpaired) electrons. The average Bonchev–Trinajstić information content (AvgIpc) is 2.81. The lowest BCUT2D eigenvalue weighted by Crippen LogP contribution is -2.36. The van der Waals surface area contributed by atoms with E-state index < -0.39 is 0 Å². The van der Waals surface area contributed by atoms with E-state index in [4.69, 9.17) is 11.6 Å². The smallest absolute Gasteiger partial charge is 0.224 e. The highest BCUT2D eigenvalue weighted by atomic mass is 35.5. The average molecular weight is 337 g/mol. The molecule has 1 saturated heterocycles. The molecule has 0 N–H and O–H groups in total. The summed E-state index contributed by atoms with van der Waals surface area (Å²) in [5, 5.41) is 0.651. The highest BCUT2D eigenvalue weighted by molar-refractivity contribution is 6.31. The minimum absolute atomic E-state index is 0.0337. The molecule has 5 heteroatoms. The van der Waals surface area contributed by atoms with Gasteiger partial charge in [-0.25, -0.2) is 0 Å². The molecular weight excluding hydrogens is 312 g/mol. The van der Waals surface area contributed by atoms with Gasteiger partial charge in [-0.2, -0.15) is 0 Å². The summed E-state index contributed by atoms with van der Waals surface area (Å²) < 4.78 is 0. The lowest BCUT2D eigenvalue weighted by molar-refractivity contribution is -0.133. The number of likely N-dealkylation sites (tertiary alicyclic amines) is 1. The fraction of sp³-hybridized carbons (Fsp3) is 0.556. The minimum Gasteiger partial charge on any atom is -0.343 e. The standard InChI is InChI=1S/C18H25ClN2O2/c1-15(22)21(14-16-8-4-5-9-17(16)19)13-10-18(23)20-11-6-2-3-7-12-20/h4-5,8-9H,2-3,6-7,10-14H2,1H3. The molecule has 0 atom stereocenters. The summed E-state index contributed by atoms with van der Waals surface area (Å²) in [4.78, 5) is 27.9. The third kappa shape index (κ3) is 5.54. The maximum Gasteiger partial charge on any atom is 0.224 e. The molecule has 0 bridgehead atoms. The maximum atomic E-state index is 12.4. The fourth-order valence-electron chi connectivity index (χ4n) is 2.89. The second kappa shape index (κ2) is 8.92. The topological polar surface area (TPSA) is 40.6 Å². The van der Waals surface area contributed by atoms with Gasteiger partial charge in [0.15, 0.2) is 0 Å². The first-order valence-corrected chi connectivity index (χ1v) is 8.72. The van der Waals surface area contributed by atoms with Gasteiger partial charge in [0.1, 0.15) is 0 Å². The Bertz CT molecular complexity index is 540. The van der Waals surface area contributed by atoms with E-state index in [0.717, 1.165) is 31.5 Å². The first kappa shape index (κ1) is 17.8. The van der Waals surface area contributed by atoms with Crippen molar-refractivity contribution in [2.24, 2.45) is 0 Å². The maximum absolute atomic E-state index is 12.4. The van der Waals surface area contributed by atoms with Crippen molar-refractivity contribution in [2.75, 3.05) is 19.6 Å². The number of hydrogen-bond acceptors (Lipinski definition) is 2. The molecule has 0 aliphatic carbocycles. The Kier molecular flexibility index (Phi) is 6.90. The third-order valence-electron chi connectivity index (χ3n) is 4.32. The van der Waals surface area contributed by atoms with Crippen LogP contribution in [-0.4, -0.2) is 41.2 Å². The van der Waals surface area contributed by atoms with E-state index in [1.807, 2.05) is 29.2 Å². The molecule has 1 aromatic rings. The van der Waals surface area contributed by atoms with Gasteiger partial charge in [0.05, 0.1) is 0 Å². The van der Waals surface area contributed by atoms with Gasteiger partial charge >= 0.3 is 0 Å². The van der Waals surface area contributed by atoms with Gasteiger partial charge in [0.25, 0.3) is 0 Å². The first-order chi connectivity index (χ1) is 11.1. The lowest BCUT2D eigenvalue weighted by atomic mass is 10.2. The largest absolute Gasteiger partial charge is 0.343 e. The van der Waals surface area contributed by atoms with Crippen molar-refractivity contribution in [3.63, 3.8) is 0 Å². The number of carbonyl (C=O) groups is 2. The molecule has 0 saturated carbocycles. The first-order valence-electron chi connectivity index (χ1n) is 8.34. The van der Waals surface area contributed by atoms with Crippen molar-refractivity contribution < 1.29 is 9.59 Å². The molecule has 23 heavy (non-hydrogen) atoms. The molecule has 2 amide bonds. The Morgan fingerprint density at radius 3 is 2.39 bits per heavy atom. The van der Waals surface area contributed by atoms with Crippen LogP contribution in [0.1, 0.15) is 44.6 Å². The zero-order valence-electron chi connectivity index (χ0n) is 13.8. The number of nitrogens with zero attached hydrogens (tertiary/aromatic N) is 2. The molecular formula is C18H25ClN2O2. The summed E-state index contributed by atoms with van der Waals surface area (Å²) in [7, 11) is 0.